The first-order valence-electron chi connectivity index (χ1n) is 9.84. The summed E-state index contributed by atoms with van der Waals surface area (Å²) in [7, 11) is -4.35. The van der Waals surface area contributed by atoms with Crippen molar-refractivity contribution in [3.8, 4) is 5.75 Å². The van der Waals surface area contributed by atoms with Crippen LogP contribution in [0.15, 0.2) is 93.5 Å². The molecule has 0 amide bonds. The van der Waals surface area contributed by atoms with Gasteiger partial charge in [-0.2, -0.15) is 0 Å². The van der Waals surface area contributed by atoms with Crippen molar-refractivity contribution < 1.29 is 40.4 Å². The predicted octanol–water partition coefficient (Wildman–Crippen LogP) is 7.28. The molecule has 0 aliphatic heterocycles. The van der Waals surface area contributed by atoms with Crippen LogP contribution in [0.3, 0.4) is 0 Å². The van der Waals surface area contributed by atoms with Gasteiger partial charge in [0.05, 0.1) is 0 Å². The molecule has 0 aliphatic rings. The minimum atomic E-state index is -4.35. The maximum atomic E-state index is 15.2. The minimum absolute atomic E-state index is 0.260. The summed E-state index contributed by atoms with van der Waals surface area (Å²) < 4.78 is 94.0. The summed E-state index contributed by atoms with van der Waals surface area (Å²) in [6.45, 7) is 0. The molecular formula is C25H14F6O3S. The van der Waals surface area contributed by atoms with Crippen molar-refractivity contribution in [2.45, 2.75) is 14.7 Å². The first-order valence-corrected chi connectivity index (χ1v) is 11.4. The Morgan fingerprint density at radius 2 is 1.09 bits per heavy atom. The van der Waals surface area contributed by atoms with Gasteiger partial charge in [0.15, 0.2) is 0 Å². The number of para-hydroxylation sites is 1. The molecule has 4 aromatic rings. The van der Waals surface area contributed by atoms with E-state index in [1.54, 1.807) is 0 Å². The number of carbonyl (C=O) groups excluding carboxylic acids is 1. The summed E-state index contributed by atoms with van der Waals surface area (Å²) in [6.07, 6.45) is 0. The molecule has 180 valence electrons. The lowest BCUT2D eigenvalue weighted by atomic mass is 10.2. The van der Waals surface area contributed by atoms with Gasteiger partial charge >= 0.3 is 5.97 Å². The third kappa shape index (κ3) is 4.32. The first-order chi connectivity index (χ1) is 16.6. The molecule has 0 saturated heterocycles. The summed E-state index contributed by atoms with van der Waals surface area (Å²) in [5.74, 6) is -11.1. The number of rotatable bonds is 5. The van der Waals surface area contributed by atoms with E-state index in [1.165, 1.54) is 42.5 Å². The number of benzene rings is 4. The quantitative estimate of drug-likeness (QED) is 0.288. The molecule has 4 aromatic carbocycles. The maximum Gasteiger partial charge on any atom is 0.353 e. The second-order valence-electron chi connectivity index (χ2n) is 7.15. The molecule has 0 radical (unpaired) electrons. The van der Waals surface area contributed by atoms with E-state index in [9.17, 15) is 18.7 Å². The molecule has 0 unspecified atom stereocenters. The summed E-state index contributed by atoms with van der Waals surface area (Å²) in [5, 5.41) is 10.1. The van der Waals surface area contributed by atoms with Gasteiger partial charge < -0.3 is 9.29 Å². The van der Waals surface area contributed by atoms with Crippen LogP contribution in [0.5, 0.6) is 5.75 Å². The maximum absolute atomic E-state index is 15.2. The molecule has 0 saturated carbocycles. The SMILES string of the molecule is O=C(OS(c1ccccc1)(c1c(F)cc(F)cc1F)c1c(F)cc(F)cc1F)c1ccccc1O. The second-order valence-corrected chi connectivity index (χ2v) is 9.72. The van der Waals surface area contributed by atoms with Crippen molar-refractivity contribution in [3.05, 3.63) is 119 Å². The van der Waals surface area contributed by atoms with Gasteiger partial charge in [0, 0.05) is 39.5 Å². The molecule has 0 spiro atoms. The molecule has 10 heteroatoms. The largest absolute Gasteiger partial charge is 0.507 e. The number of hydrogen-bond donors (Lipinski definition) is 1. The Bertz CT molecular complexity index is 1320. The lowest BCUT2D eigenvalue weighted by Crippen LogP contribution is -2.19. The van der Waals surface area contributed by atoms with E-state index < -0.39 is 72.3 Å². The molecule has 0 aliphatic carbocycles. The molecular weight excluding hydrogens is 494 g/mol. The first kappa shape index (κ1) is 24.2. The number of carbonyl (C=O) groups is 1. The standard InChI is InChI=1S/C25H14F6O3S/c26-14-10-18(28)23(19(29)11-14)35(16-6-2-1-3-7-16,24-20(30)12-15(27)13-21(24)31)34-25(33)17-8-4-5-9-22(17)32/h1-13,32H. The fraction of sp³-hybridized carbons (Fsp3) is 0. The molecule has 0 fully saturated rings. The van der Waals surface area contributed by atoms with Crippen LogP contribution in [0.1, 0.15) is 10.4 Å². The van der Waals surface area contributed by atoms with Crippen LogP contribution in [0.25, 0.3) is 0 Å². The van der Waals surface area contributed by atoms with Crippen molar-refractivity contribution in [1.29, 1.82) is 0 Å². The van der Waals surface area contributed by atoms with E-state index in [0.717, 1.165) is 12.1 Å². The summed E-state index contributed by atoms with van der Waals surface area (Å²) in [5.41, 5.74) is -0.480. The van der Waals surface area contributed by atoms with E-state index >= 15 is 17.6 Å². The number of halogens is 6. The van der Waals surface area contributed by atoms with Crippen molar-refractivity contribution >= 4 is 16.3 Å². The van der Waals surface area contributed by atoms with Crippen LogP contribution in [0.2, 0.25) is 0 Å². The van der Waals surface area contributed by atoms with Gasteiger partial charge in [-0.3, -0.25) is 0 Å². The summed E-state index contributed by atoms with van der Waals surface area (Å²) >= 11 is 0. The zero-order chi connectivity index (χ0) is 25.3. The van der Waals surface area contributed by atoms with Gasteiger partial charge in [-0.25, -0.2) is 31.1 Å². The zero-order valence-corrected chi connectivity index (χ0v) is 18.3. The van der Waals surface area contributed by atoms with Crippen LogP contribution in [0, 0.1) is 34.9 Å². The molecule has 1 N–H and O–H groups in total. The van der Waals surface area contributed by atoms with Gasteiger partial charge in [-0.05, 0) is 24.3 Å². The normalized spacial score (nSPS) is 11.8. The second kappa shape index (κ2) is 9.38. The average molecular weight is 508 g/mol. The third-order valence-corrected chi connectivity index (χ3v) is 8.17. The fourth-order valence-corrected chi connectivity index (χ4v) is 6.62. The van der Waals surface area contributed by atoms with E-state index in [4.69, 9.17) is 4.18 Å². The van der Waals surface area contributed by atoms with E-state index in [0.29, 0.717) is 0 Å². The molecule has 35 heavy (non-hydrogen) atoms. The lowest BCUT2D eigenvalue weighted by molar-refractivity contribution is 0.0753. The number of aromatic hydroxyl groups is 1. The van der Waals surface area contributed by atoms with Crippen LogP contribution >= 0.6 is 10.3 Å². The van der Waals surface area contributed by atoms with Crippen molar-refractivity contribution in [1.82, 2.24) is 0 Å². The van der Waals surface area contributed by atoms with Crippen LogP contribution in [-0.2, 0) is 4.18 Å². The molecule has 0 aromatic heterocycles. The summed E-state index contributed by atoms with van der Waals surface area (Å²) in [6, 6.07) is 12.6. The Hall–Kier alpha value is -3.92. The Morgan fingerprint density at radius 1 is 0.657 bits per heavy atom. The Labute approximate surface area is 196 Å². The van der Waals surface area contributed by atoms with Crippen molar-refractivity contribution in [3.63, 3.8) is 0 Å². The Morgan fingerprint density at radius 3 is 1.54 bits per heavy atom. The molecule has 0 heterocycles. The summed E-state index contributed by atoms with van der Waals surface area (Å²) in [4.78, 5) is 10.6. The third-order valence-electron chi connectivity index (χ3n) is 4.90. The van der Waals surface area contributed by atoms with Crippen LogP contribution < -0.4 is 0 Å². The number of hydrogen-bond acceptors (Lipinski definition) is 3. The van der Waals surface area contributed by atoms with Gasteiger partial charge in [-0.1, -0.05) is 30.3 Å². The van der Waals surface area contributed by atoms with Crippen LogP contribution in [-0.4, -0.2) is 11.1 Å². The van der Waals surface area contributed by atoms with Crippen LogP contribution in [0.4, 0.5) is 26.3 Å². The molecule has 0 bridgehead atoms. The Balaban J connectivity index is 2.15. The number of phenols is 1. The monoisotopic (exact) mass is 508 g/mol. The minimum Gasteiger partial charge on any atom is -0.507 e. The average Bonchev–Trinajstić information content (AvgIpc) is 2.78. The van der Waals surface area contributed by atoms with Crippen molar-refractivity contribution in [2.75, 3.05) is 0 Å². The smallest absolute Gasteiger partial charge is 0.353 e. The molecule has 4 rings (SSSR count). The van der Waals surface area contributed by atoms with Crippen molar-refractivity contribution in [2.24, 2.45) is 0 Å². The van der Waals surface area contributed by atoms with Gasteiger partial charge in [0.25, 0.3) is 0 Å². The van der Waals surface area contributed by atoms with E-state index in [-0.39, 0.29) is 29.2 Å². The highest BCUT2D eigenvalue weighted by Crippen LogP contribution is 2.71. The van der Waals surface area contributed by atoms with Gasteiger partial charge in [0.1, 0.15) is 56.0 Å². The highest BCUT2D eigenvalue weighted by molar-refractivity contribution is 8.30. The number of phenolic OH excluding ortho intramolecular Hbond substituents is 1. The predicted molar refractivity (Wildman–Crippen MR) is 115 cm³/mol. The highest BCUT2D eigenvalue weighted by atomic mass is 32.3. The lowest BCUT2D eigenvalue weighted by Gasteiger charge is -2.40. The van der Waals surface area contributed by atoms with Gasteiger partial charge in [0.2, 0.25) is 0 Å². The fourth-order valence-electron chi connectivity index (χ4n) is 3.49. The van der Waals surface area contributed by atoms with Gasteiger partial charge in [-0.15, -0.1) is 0 Å². The topological polar surface area (TPSA) is 46.5 Å². The van der Waals surface area contributed by atoms with E-state index in [2.05, 4.69) is 0 Å². The molecule has 3 nitrogen and oxygen atoms in total. The molecule has 0 atom stereocenters. The highest BCUT2D eigenvalue weighted by Gasteiger charge is 2.45. The van der Waals surface area contributed by atoms with E-state index in [1.807, 2.05) is 0 Å². The zero-order valence-electron chi connectivity index (χ0n) is 17.4. The Kier molecular flexibility index (Phi) is 6.49.